The number of aliphatic carboxylic acids is 1. The Labute approximate surface area is 122 Å². The molecular formula is C14H14ClNO2S. The van der Waals surface area contributed by atoms with Crippen LogP contribution in [0.15, 0.2) is 42.2 Å². The molecule has 2 aromatic rings. The van der Waals surface area contributed by atoms with Gasteiger partial charge in [-0.1, -0.05) is 6.07 Å². The number of carboxylic acids is 1. The zero-order chi connectivity index (χ0) is 13.0. The Morgan fingerprint density at radius 2 is 2.21 bits per heavy atom. The number of carbonyl (C=O) groups is 1. The molecule has 100 valence electrons. The fraction of sp³-hybridized carbons (Fsp3) is 0.143. The van der Waals surface area contributed by atoms with E-state index in [1.807, 2.05) is 30.5 Å². The molecule has 0 saturated heterocycles. The molecule has 19 heavy (non-hydrogen) atoms. The van der Waals surface area contributed by atoms with Crippen molar-refractivity contribution in [2.24, 2.45) is 0 Å². The van der Waals surface area contributed by atoms with Crippen molar-refractivity contribution in [1.29, 1.82) is 0 Å². The number of hydrogen-bond donors (Lipinski definition) is 1. The van der Waals surface area contributed by atoms with E-state index in [0.717, 1.165) is 16.9 Å². The standard InChI is InChI=1S/C14H13NO2S.ClH/c1-10(14(16)17)7-12-4-5-13(18-12)8-11-3-2-6-15-9-11;/h2-7,9H,8H2,1H3,(H,16,17);1H. The zero-order valence-electron chi connectivity index (χ0n) is 10.4. The lowest BCUT2D eigenvalue weighted by Gasteiger charge is -1.96. The summed E-state index contributed by atoms with van der Waals surface area (Å²) in [7, 11) is 0. The second kappa shape index (κ2) is 7.07. The number of halogens is 1. The second-order valence-corrected chi connectivity index (χ2v) is 5.17. The van der Waals surface area contributed by atoms with E-state index in [4.69, 9.17) is 5.11 Å². The molecule has 0 spiro atoms. The number of aromatic nitrogens is 1. The fourth-order valence-electron chi connectivity index (χ4n) is 1.55. The Morgan fingerprint density at radius 3 is 2.84 bits per heavy atom. The van der Waals surface area contributed by atoms with Crippen molar-refractivity contribution in [1.82, 2.24) is 4.98 Å². The smallest absolute Gasteiger partial charge is 0.331 e. The predicted octanol–water partition coefficient (Wildman–Crippen LogP) is 3.64. The van der Waals surface area contributed by atoms with Crippen molar-refractivity contribution in [2.75, 3.05) is 0 Å². The summed E-state index contributed by atoms with van der Waals surface area (Å²) in [6.07, 6.45) is 6.12. The molecule has 3 nitrogen and oxygen atoms in total. The SMILES string of the molecule is CC(=Cc1ccc(Cc2cccnc2)s1)C(=O)O.Cl. The van der Waals surface area contributed by atoms with Crippen LogP contribution in [0.1, 0.15) is 22.2 Å². The summed E-state index contributed by atoms with van der Waals surface area (Å²) in [6.45, 7) is 1.60. The predicted molar refractivity (Wildman–Crippen MR) is 79.9 cm³/mol. The van der Waals surface area contributed by atoms with Crippen LogP contribution >= 0.6 is 23.7 Å². The van der Waals surface area contributed by atoms with Crippen LogP contribution in [0.3, 0.4) is 0 Å². The van der Waals surface area contributed by atoms with Crippen molar-refractivity contribution in [3.63, 3.8) is 0 Å². The van der Waals surface area contributed by atoms with E-state index in [2.05, 4.69) is 4.98 Å². The van der Waals surface area contributed by atoms with Crippen LogP contribution in [-0.4, -0.2) is 16.1 Å². The Bertz CT molecular complexity index is 578. The number of nitrogens with zero attached hydrogens (tertiary/aromatic N) is 1. The van der Waals surface area contributed by atoms with Gasteiger partial charge in [0, 0.05) is 34.1 Å². The average molecular weight is 296 g/mol. The first-order valence-corrected chi connectivity index (χ1v) is 6.36. The van der Waals surface area contributed by atoms with Gasteiger partial charge in [-0.15, -0.1) is 23.7 Å². The third kappa shape index (κ3) is 4.50. The molecule has 0 aliphatic carbocycles. The van der Waals surface area contributed by atoms with Gasteiger partial charge in [-0.3, -0.25) is 4.98 Å². The molecule has 1 N–H and O–H groups in total. The third-order valence-electron chi connectivity index (χ3n) is 2.48. The highest BCUT2D eigenvalue weighted by atomic mass is 35.5. The molecule has 2 heterocycles. The lowest BCUT2D eigenvalue weighted by atomic mass is 10.2. The van der Waals surface area contributed by atoms with Crippen molar-refractivity contribution < 1.29 is 9.90 Å². The first-order valence-electron chi connectivity index (χ1n) is 5.54. The normalized spacial score (nSPS) is 10.9. The molecule has 0 atom stereocenters. The minimum absolute atomic E-state index is 0. The largest absolute Gasteiger partial charge is 0.478 e. The number of pyridine rings is 1. The molecule has 0 unspecified atom stereocenters. The molecule has 2 aromatic heterocycles. The van der Waals surface area contributed by atoms with E-state index in [1.165, 1.54) is 4.88 Å². The van der Waals surface area contributed by atoms with Crippen molar-refractivity contribution >= 4 is 35.8 Å². The quantitative estimate of drug-likeness (QED) is 0.876. The molecule has 0 saturated carbocycles. The minimum Gasteiger partial charge on any atom is -0.478 e. The van der Waals surface area contributed by atoms with Gasteiger partial charge in [0.25, 0.3) is 0 Å². The molecule has 0 radical (unpaired) electrons. The zero-order valence-corrected chi connectivity index (χ0v) is 12.0. The monoisotopic (exact) mass is 295 g/mol. The van der Waals surface area contributed by atoms with E-state index in [-0.39, 0.29) is 12.4 Å². The molecular weight excluding hydrogens is 282 g/mol. The number of thiophene rings is 1. The Hall–Kier alpha value is -1.65. The summed E-state index contributed by atoms with van der Waals surface area (Å²) in [5.74, 6) is -0.878. The number of carboxylic acid groups (broad SMARTS) is 1. The molecule has 5 heteroatoms. The van der Waals surface area contributed by atoms with E-state index < -0.39 is 5.97 Å². The lowest BCUT2D eigenvalue weighted by Crippen LogP contribution is -1.94. The topological polar surface area (TPSA) is 50.2 Å². The highest BCUT2D eigenvalue weighted by molar-refractivity contribution is 7.12. The van der Waals surface area contributed by atoms with Gasteiger partial charge in [0.2, 0.25) is 0 Å². The highest BCUT2D eigenvalue weighted by Crippen LogP contribution is 2.21. The van der Waals surface area contributed by atoms with Crippen LogP contribution in [0.2, 0.25) is 0 Å². The van der Waals surface area contributed by atoms with Gasteiger partial charge in [0.05, 0.1) is 0 Å². The maximum absolute atomic E-state index is 10.7. The van der Waals surface area contributed by atoms with Gasteiger partial charge in [0.15, 0.2) is 0 Å². The summed E-state index contributed by atoms with van der Waals surface area (Å²) in [4.78, 5) is 17.0. The van der Waals surface area contributed by atoms with E-state index in [1.54, 1.807) is 30.5 Å². The number of hydrogen-bond acceptors (Lipinski definition) is 3. The van der Waals surface area contributed by atoms with Crippen LogP contribution < -0.4 is 0 Å². The highest BCUT2D eigenvalue weighted by Gasteiger charge is 2.03. The van der Waals surface area contributed by atoms with Gasteiger partial charge < -0.3 is 5.11 Å². The lowest BCUT2D eigenvalue weighted by molar-refractivity contribution is -0.132. The first kappa shape index (κ1) is 15.4. The summed E-state index contributed by atoms with van der Waals surface area (Å²) in [5, 5.41) is 8.81. The molecule has 0 amide bonds. The summed E-state index contributed by atoms with van der Waals surface area (Å²) >= 11 is 1.61. The van der Waals surface area contributed by atoms with Gasteiger partial charge in [-0.05, 0) is 36.8 Å². The van der Waals surface area contributed by atoms with Crippen LogP contribution in [0.5, 0.6) is 0 Å². The number of rotatable bonds is 4. The fourth-order valence-corrected chi connectivity index (χ4v) is 2.60. The van der Waals surface area contributed by atoms with Gasteiger partial charge in [-0.2, -0.15) is 0 Å². The van der Waals surface area contributed by atoms with E-state index >= 15 is 0 Å². The molecule has 0 aromatic carbocycles. The summed E-state index contributed by atoms with van der Waals surface area (Å²) < 4.78 is 0. The molecule has 0 bridgehead atoms. The first-order chi connectivity index (χ1) is 8.65. The molecule has 0 fully saturated rings. The molecule has 2 rings (SSSR count). The van der Waals surface area contributed by atoms with Gasteiger partial charge in [-0.25, -0.2) is 4.79 Å². The Morgan fingerprint density at radius 1 is 1.42 bits per heavy atom. The van der Waals surface area contributed by atoms with Crippen LogP contribution in [0.25, 0.3) is 6.08 Å². The van der Waals surface area contributed by atoms with Crippen LogP contribution in [0, 0.1) is 0 Å². The third-order valence-corrected chi connectivity index (χ3v) is 3.51. The van der Waals surface area contributed by atoms with Crippen molar-refractivity contribution in [2.45, 2.75) is 13.3 Å². The molecule has 0 aliphatic heterocycles. The maximum atomic E-state index is 10.7. The summed E-state index contributed by atoms with van der Waals surface area (Å²) in [5.41, 5.74) is 1.51. The van der Waals surface area contributed by atoms with Crippen LogP contribution in [-0.2, 0) is 11.2 Å². The van der Waals surface area contributed by atoms with E-state index in [9.17, 15) is 4.79 Å². The van der Waals surface area contributed by atoms with Gasteiger partial charge >= 0.3 is 5.97 Å². The minimum atomic E-state index is -0.878. The Balaban J connectivity index is 0.00000180. The van der Waals surface area contributed by atoms with Crippen molar-refractivity contribution in [3.05, 3.63) is 57.6 Å². The maximum Gasteiger partial charge on any atom is 0.331 e. The van der Waals surface area contributed by atoms with Gasteiger partial charge in [0.1, 0.15) is 0 Å². The van der Waals surface area contributed by atoms with Crippen LogP contribution in [0.4, 0.5) is 0 Å². The van der Waals surface area contributed by atoms with E-state index in [0.29, 0.717) is 5.57 Å². The second-order valence-electron chi connectivity index (χ2n) is 3.97. The van der Waals surface area contributed by atoms with Crippen molar-refractivity contribution in [3.8, 4) is 0 Å². The molecule has 0 aliphatic rings. The Kier molecular flexibility index (Phi) is 5.73. The summed E-state index contributed by atoms with van der Waals surface area (Å²) in [6, 6.07) is 7.92. The average Bonchev–Trinajstić information content (AvgIpc) is 2.77.